The largest absolute Gasteiger partial charge is 0.464 e. The number of furan rings is 1. The van der Waals surface area contributed by atoms with Crippen LogP contribution in [0, 0.1) is 18.3 Å². The standard InChI is InChI=1S/C13H12NO/c1-2-3-4-11-9-15-13-6-5-10(8-14)7-12(11)13/h5-7,9H,1-4H2. The maximum Gasteiger partial charge on any atom is 0.134 e. The number of aryl methyl sites for hydroxylation is 1. The lowest BCUT2D eigenvalue weighted by molar-refractivity contribution is 0.609. The van der Waals surface area contributed by atoms with Gasteiger partial charge in [-0.1, -0.05) is 13.3 Å². The van der Waals surface area contributed by atoms with E-state index in [1.54, 1.807) is 12.3 Å². The normalized spacial score (nSPS) is 10.4. The van der Waals surface area contributed by atoms with E-state index in [0.29, 0.717) is 5.56 Å². The molecule has 0 aliphatic heterocycles. The SMILES string of the molecule is [CH2]CCCc1coc2ccc(C#N)cc12. The molecule has 0 N–H and O–H groups in total. The van der Waals surface area contributed by atoms with Crippen molar-refractivity contribution in [2.75, 3.05) is 0 Å². The molecule has 0 spiro atoms. The summed E-state index contributed by atoms with van der Waals surface area (Å²) in [6.45, 7) is 3.82. The third-order valence-electron chi connectivity index (χ3n) is 2.48. The number of nitriles is 1. The fourth-order valence-electron chi connectivity index (χ4n) is 1.66. The Kier molecular flexibility index (Phi) is 2.73. The molecule has 1 aromatic heterocycles. The summed E-state index contributed by atoms with van der Waals surface area (Å²) < 4.78 is 5.42. The van der Waals surface area contributed by atoms with E-state index >= 15 is 0 Å². The molecule has 2 rings (SSSR count). The quantitative estimate of drug-likeness (QED) is 0.757. The van der Waals surface area contributed by atoms with Crippen LogP contribution in [0.15, 0.2) is 28.9 Å². The zero-order valence-corrected chi connectivity index (χ0v) is 8.49. The Morgan fingerprint density at radius 2 is 2.27 bits per heavy atom. The van der Waals surface area contributed by atoms with E-state index in [2.05, 4.69) is 13.0 Å². The van der Waals surface area contributed by atoms with Crippen molar-refractivity contribution >= 4 is 11.0 Å². The van der Waals surface area contributed by atoms with E-state index in [1.165, 1.54) is 5.56 Å². The molecule has 75 valence electrons. The molecule has 1 heterocycles. The number of rotatable bonds is 3. The van der Waals surface area contributed by atoms with Crippen LogP contribution in [0.1, 0.15) is 24.0 Å². The van der Waals surface area contributed by atoms with Crippen LogP contribution in [0.2, 0.25) is 0 Å². The van der Waals surface area contributed by atoms with Crippen LogP contribution in [-0.4, -0.2) is 0 Å². The summed E-state index contributed by atoms with van der Waals surface area (Å²) >= 11 is 0. The minimum atomic E-state index is 0.680. The highest BCUT2D eigenvalue weighted by atomic mass is 16.3. The minimum Gasteiger partial charge on any atom is -0.464 e. The second-order valence-corrected chi connectivity index (χ2v) is 3.54. The van der Waals surface area contributed by atoms with Crippen molar-refractivity contribution in [3.63, 3.8) is 0 Å². The summed E-state index contributed by atoms with van der Waals surface area (Å²) in [5, 5.41) is 9.87. The van der Waals surface area contributed by atoms with Crippen LogP contribution in [-0.2, 0) is 6.42 Å². The number of benzene rings is 1. The zero-order chi connectivity index (χ0) is 10.7. The number of fused-ring (bicyclic) bond motifs is 1. The van der Waals surface area contributed by atoms with Crippen molar-refractivity contribution < 1.29 is 4.42 Å². The lowest BCUT2D eigenvalue weighted by atomic mass is 10.1. The summed E-state index contributed by atoms with van der Waals surface area (Å²) in [6.07, 6.45) is 4.71. The van der Waals surface area contributed by atoms with Gasteiger partial charge in [-0.15, -0.1) is 0 Å². The third kappa shape index (κ3) is 1.87. The van der Waals surface area contributed by atoms with Gasteiger partial charge in [-0.3, -0.25) is 0 Å². The molecular weight excluding hydrogens is 186 g/mol. The molecule has 0 aliphatic carbocycles. The van der Waals surface area contributed by atoms with Crippen molar-refractivity contribution in [1.82, 2.24) is 0 Å². The first-order valence-electron chi connectivity index (χ1n) is 5.04. The van der Waals surface area contributed by atoms with Crippen molar-refractivity contribution in [2.24, 2.45) is 0 Å². The molecule has 15 heavy (non-hydrogen) atoms. The molecule has 1 aromatic carbocycles. The van der Waals surface area contributed by atoms with Gasteiger partial charge >= 0.3 is 0 Å². The van der Waals surface area contributed by atoms with Gasteiger partial charge in [0.05, 0.1) is 17.9 Å². The number of hydrogen-bond donors (Lipinski definition) is 0. The fraction of sp³-hybridized carbons (Fsp3) is 0.231. The summed E-state index contributed by atoms with van der Waals surface area (Å²) in [5.74, 6) is 0. The number of unbranched alkanes of at least 4 members (excludes halogenated alkanes) is 1. The average molecular weight is 198 g/mol. The maximum atomic E-state index is 8.81. The van der Waals surface area contributed by atoms with Crippen molar-refractivity contribution in [3.05, 3.63) is 42.5 Å². The lowest BCUT2D eigenvalue weighted by Crippen LogP contribution is -1.82. The maximum absolute atomic E-state index is 8.81. The van der Waals surface area contributed by atoms with Crippen molar-refractivity contribution in [2.45, 2.75) is 19.3 Å². The monoisotopic (exact) mass is 198 g/mol. The van der Waals surface area contributed by atoms with Gasteiger partial charge in [0.15, 0.2) is 0 Å². The van der Waals surface area contributed by atoms with Gasteiger partial charge in [0.25, 0.3) is 0 Å². The fourth-order valence-corrected chi connectivity index (χ4v) is 1.66. The first kappa shape index (κ1) is 9.79. The van der Waals surface area contributed by atoms with Crippen LogP contribution < -0.4 is 0 Å². The topological polar surface area (TPSA) is 36.9 Å². The molecule has 0 amide bonds. The van der Waals surface area contributed by atoms with Crippen molar-refractivity contribution in [3.8, 4) is 6.07 Å². The smallest absolute Gasteiger partial charge is 0.134 e. The van der Waals surface area contributed by atoms with Crippen LogP contribution >= 0.6 is 0 Å². The van der Waals surface area contributed by atoms with Gasteiger partial charge in [-0.05, 0) is 36.6 Å². The van der Waals surface area contributed by atoms with E-state index in [9.17, 15) is 0 Å². The molecule has 0 unspecified atom stereocenters. The highest BCUT2D eigenvalue weighted by Gasteiger charge is 2.05. The van der Waals surface area contributed by atoms with Gasteiger partial charge in [-0.25, -0.2) is 0 Å². The van der Waals surface area contributed by atoms with E-state index < -0.39 is 0 Å². The van der Waals surface area contributed by atoms with E-state index in [4.69, 9.17) is 9.68 Å². The molecule has 0 atom stereocenters. The molecule has 0 saturated heterocycles. The van der Waals surface area contributed by atoms with Gasteiger partial charge in [0.1, 0.15) is 5.58 Å². The Labute approximate surface area is 89.1 Å². The van der Waals surface area contributed by atoms with Crippen LogP contribution in [0.5, 0.6) is 0 Å². The first-order chi connectivity index (χ1) is 7.35. The second-order valence-electron chi connectivity index (χ2n) is 3.54. The Bertz CT molecular complexity index is 505. The van der Waals surface area contributed by atoms with E-state index in [1.807, 2.05) is 12.1 Å². The predicted octanol–water partition coefficient (Wildman–Crippen LogP) is 3.46. The predicted molar refractivity (Wildman–Crippen MR) is 59.2 cm³/mol. The molecule has 2 aromatic rings. The molecule has 0 aliphatic rings. The van der Waals surface area contributed by atoms with Gasteiger partial charge in [0.2, 0.25) is 0 Å². The highest BCUT2D eigenvalue weighted by Crippen LogP contribution is 2.23. The average Bonchev–Trinajstić information content (AvgIpc) is 2.68. The van der Waals surface area contributed by atoms with E-state index in [0.717, 1.165) is 30.2 Å². The summed E-state index contributed by atoms with van der Waals surface area (Å²) in [4.78, 5) is 0. The Balaban J connectivity index is 2.43. The van der Waals surface area contributed by atoms with Gasteiger partial charge < -0.3 is 4.42 Å². The van der Waals surface area contributed by atoms with Gasteiger partial charge in [0, 0.05) is 5.39 Å². The molecule has 0 bridgehead atoms. The zero-order valence-electron chi connectivity index (χ0n) is 8.49. The van der Waals surface area contributed by atoms with Crippen molar-refractivity contribution in [1.29, 1.82) is 5.26 Å². The molecule has 2 nitrogen and oxygen atoms in total. The molecule has 2 heteroatoms. The summed E-state index contributed by atoms with van der Waals surface area (Å²) in [7, 11) is 0. The van der Waals surface area contributed by atoms with Crippen LogP contribution in [0.3, 0.4) is 0 Å². The number of hydrogen-bond acceptors (Lipinski definition) is 2. The summed E-state index contributed by atoms with van der Waals surface area (Å²) in [6, 6.07) is 7.65. The van der Waals surface area contributed by atoms with Gasteiger partial charge in [-0.2, -0.15) is 5.26 Å². The highest BCUT2D eigenvalue weighted by molar-refractivity contribution is 5.82. The Morgan fingerprint density at radius 3 is 3.00 bits per heavy atom. The Morgan fingerprint density at radius 1 is 1.40 bits per heavy atom. The van der Waals surface area contributed by atoms with E-state index in [-0.39, 0.29) is 0 Å². The molecule has 1 radical (unpaired) electrons. The molecule has 0 saturated carbocycles. The first-order valence-corrected chi connectivity index (χ1v) is 5.04. The lowest BCUT2D eigenvalue weighted by Gasteiger charge is -1.95. The van der Waals surface area contributed by atoms with Crippen LogP contribution in [0.4, 0.5) is 0 Å². The number of nitrogens with zero attached hydrogens (tertiary/aromatic N) is 1. The summed E-state index contributed by atoms with van der Waals surface area (Å²) in [5.41, 5.74) is 2.71. The second kappa shape index (κ2) is 4.18. The third-order valence-corrected chi connectivity index (χ3v) is 2.48. The molecular formula is C13H12NO. The Hall–Kier alpha value is -1.75. The molecule has 0 fully saturated rings. The van der Waals surface area contributed by atoms with Crippen LogP contribution in [0.25, 0.3) is 11.0 Å². The minimum absolute atomic E-state index is 0.680.